The van der Waals surface area contributed by atoms with Gasteiger partial charge in [-0.2, -0.15) is 0 Å². The van der Waals surface area contributed by atoms with Gasteiger partial charge in [0, 0.05) is 5.88 Å². The monoisotopic (exact) mass is 570 g/mol. The summed E-state index contributed by atoms with van der Waals surface area (Å²) in [6, 6.07) is 20.8. The molecule has 212 valence electrons. The van der Waals surface area contributed by atoms with E-state index in [-0.39, 0.29) is 24.9 Å². The summed E-state index contributed by atoms with van der Waals surface area (Å²) in [5.41, 5.74) is 2.69. The lowest BCUT2D eigenvalue weighted by Crippen LogP contribution is -2.14. The number of halogens is 1. The Kier molecular flexibility index (Phi) is 12.9. The van der Waals surface area contributed by atoms with Crippen LogP contribution in [0.15, 0.2) is 72.8 Å². The summed E-state index contributed by atoms with van der Waals surface area (Å²) in [6.07, 6.45) is 0.186. The Morgan fingerprint density at radius 3 is 1.73 bits per heavy atom. The average molecular weight is 571 g/mol. The van der Waals surface area contributed by atoms with Crippen LogP contribution < -0.4 is 9.47 Å². The number of methoxy groups -OCH3 is 1. The molecule has 10 heteroatoms. The van der Waals surface area contributed by atoms with E-state index in [1.165, 1.54) is 7.11 Å². The molecule has 9 nitrogen and oxygen atoms in total. The SMILES string of the molecule is COC(=O)c1ccc(-c2ccc(OC(=O)c3ccc(OCCOCCOCCOC(=O)CCCl)cc3)cc2)cc1. The molecule has 3 aromatic rings. The molecule has 0 aliphatic rings. The van der Waals surface area contributed by atoms with Gasteiger partial charge in [-0.3, -0.25) is 4.79 Å². The molecule has 3 rings (SSSR count). The van der Waals surface area contributed by atoms with Crippen molar-refractivity contribution in [3.63, 3.8) is 0 Å². The molecule has 0 spiro atoms. The van der Waals surface area contributed by atoms with Crippen molar-refractivity contribution in [2.45, 2.75) is 6.42 Å². The molecule has 0 aliphatic carbocycles. The first-order valence-electron chi connectivity index (χ1n) is 12.6. The first-order valence-corrected chi connectivity index (χ1v) is 13.1. The number of rotatable bonds is 16. The van der Waals surface area contributed by atoms with Crippen LogP contribution in [0.25, 0.3) is 11.1 Å². The van der Waals surface area contributed by atoms with Gasteiger partial charge in [0.2, 0.25) is 0 Å². The minimum absolute atomic E-state index is 0.185. The van der Waals surface area contributed by atoms with Crippen LogP contribution in [-0.4, -0.2) is 70.5 Å². The van der Waals surface area contributed by atoms with Gasteiger partial charge >= 0.3 is 17.9 Å². The van der Waals surface area contributed by atoms with E-state index in [0.717, 1.165) is 11.1 Å². The van der Waals surface area contributed by atoms with Crippen molar-refractivity contribution >= 4 is 29.5 Å². The van der Waals surface area contributed by atoms with Gasteiger partial charge in [0.15, 0.2) is 0 Å². The van der Waals surface area contributed by atoms with Crippen molar-refractivity contribution in [3.8, 4) is 22.6 Å². The van der Waals surface area contributed by atoms with Gasteiger partial charge in [0.25, 0.3) is 0 Å². The third-order valence-corrected chi connectivity index (χ3v) is 5.64. The zero-order valence-electron chi connectivity index (χ0n) is 22.1. The van der Waals surface area contributed by atoms with E-state index < -0.39 is 11.9 Å². The predicted molar refractivity (Wildman–Crippen MR) is 148 cm³/mol. The topological polar surface area (TPSA) is 107 Å². The smallest absolute Gasteiger partial charge is 0.343 e. The molecule has 0 fully saturated rings. The standard InChI is InChI=1S/C30H31ClO9/c1-35-29(33)24-4-2-22(3-5-24)23-6-12-27(13-7-23)40-30(34)25-8-10-26(11-9-25)38-20-18-36-16-17-37-19-21-39-28(32)14-15-31/h2-13H,14-21H2,1H3. The molecule has 0 unspecified atom stereocenters. The Bertz CT molecular complexity index is 1210. The molecule has 0 heterocycles. The third kappa shape index (κ3) is 10.3. The molecule has 0 saturated carbocycles. The van der Waals surface area contributed by atoms with Gasteiger partial charge in [-0.05, 0) is 59.7 Å². The Labute approximate surface area is 237 Å². The molecular formula is C30H31ClO9. The molecule has 0 aromatic heterocycles. The first-order chi connectivity index (χ1) is 19.5. The highest BCUT2D eigenvalue weighted by atomic mass is 35.5. The molecule has 0 saturated heterocycles. The van der Waals surface area contributed by atoms with Crippen LogP contribution in [0, 0.1) is 0 Å². The first kappa shape index (κ1) is 30.6. The summed E-state index contributed by atoms with van der Waals surface area (Å²) in [7, 11) is 1.34. The number of carbonyl (C=O) groups excluding carboxylic acids is 3. The van der Waals surface area contributed by atoms with E-state index >= 15 is 0 Å². The summed E-state index contributed by atoms with van der Waals surface area (Å²) in [6.45, 7) is 1.93. The van der Waals surface area contributed by atoms with E-state index in [0.29, 0.717) is 55.7 Å². The summed E-state index contributed by atoms with van der Waals surface area (Å²) in [5.74, 6) is 0.0236. The van der Waals surface area contributed by atoms with Crippen molar-refractivity contribution in [2.24, 2.45) is 0 Å². The number of hydrogen-bond donors (Lipinski definition) is 0. The van der Waals surface area contributed by atoms with Crippen LogP contribution in [-0.2, 0) is 23.7 Å². The predicted octanol–water partition coefficient (Wildman–Crippen LogP) is 4.94. The highest BCUT2D eigenvalue weighted by Crippen LogP contribution is 2.24. The molecular weight excluding hydrogens is 540 g/mol. The molecule has 40 heavy (non-hydrogen) atoms. The van der Waals surface area contributed by atoms with Crippen LogP contribution in [0.3, 0.4) is 0 Å². The summed E-state index contributed by atoms with van der Waals surface area (Å²) >= 11 is 5.45. The van der Waals surface area contributed by atoms with E-state index in [1.54, 1.807) is 48.5 Å². The van der Waals surface area contributed by atoms with Crippen molar-refractivity contribution < 1.29 is 42.8 Å². The minimum Gasteiger partial charge on any atom is -0.491 e. The number of alkyl halides is 1. The number of esters is 3. The maximum atomic E-state index is 12.5. The fourth-order valence-electron chi connectivity index (χ4n) is 3.39. The van der Waals surface area contributed by atoms with Crippen molar-refractivity contribution in [1.82, 2.24) is 0 Å². The Hall–Kier alpha value is -3.92. The third-order valence-electron chi connectivity index (χ3n) is 5.45. The van der Waals surface area contributed by atoms with Gasteiger partial charge in [0.05, 0.1) is 51.1 Å². The van der Waals surface area contributed by atoms with Crippen molar-refractivity contribution in [1.29, 1.82) is 0 Å². The number of carbonyl (C=O) groups is 3. The maximum absolute atomic E-state index is 12.5. The second kappa shape index (κ2) is 16.9. The van der Waals surface area contributed by atoms with E-state index in [2.05, 4.69) is 0 Å². The Morgan fingerprint density at radius 1 is 0.625 bits per heavy atom. The molecule has 0 amide bonds. The molecule has 0 N–H and O–H groups in total. The second-order valence-corrected chi connectivity index (χ2v) is 8.62. The lowest BCUT2D eigenvalue weighted by Gasteiger charge is -2.09. The lowest BCUT2D eigenvalue weighted by molar-refractivity contribution is -0.144. The molecule has 3 aromatic carbocycles. The fraction of sp³-hybridized carbons (Fsp3) is 0.300. The number of benzene rings is 3. The van der Waals surface area contributed by atoms with Gasteiger partial charge < -0.3 is 28.4 Å². The summed E-state index contributed by atoms with van der Waals surface area (Å²) in [5, 5.41) is 0. The van der Waals surface area contributed by atoms with Crippen LogP contribution in [0.4, 0.5) is 0 Å². The highest BCUT2D eigenvalue weighted by molar-refractivity contribution is 6.18. The van der Waals surface area contributed by atoms with Crippen LogP contribution in [0.5, 0.6) is 11.5 Å². The Balaban J connectivity index is 1.33. The summed E-state index contributed by atoms with van der Waals surface area (Å²) < 4.78 is 31.5. The fourth-order valence-corrected chi connectivity index (χ4v) is 3.54. The van der Waals surface area contributed by atoms with Gasteiger partial charge in [0.1, 0.15) is 24.7 Å². The maximum Gasteiger partial charge on any atom is 0.343 e. The van der Waals surface area contributed by atoms with E-state index in [9.17, 15) is 14.4 Å². The largest absolute Gasteiger partial charge is 0.491 e. The lowest BCUT2D eigenvalue weighted by atomic mass is 10.0. The average Bonchev–Trinajstić information content (AvgIpc) is 2.98. The molecule has 0 atom stereocenters. The van der Waals surface area contributed by atoms with Crippen LogP contribution in [0.2, 0.25) is 0 Å². The van der Waals surface area contributed by atoms with Gasteiger partial charge in [-0.25, -0.2) is 9.59 Å². The molecule has 0 aliphatic heterocycles. The normalized spacial score (nSPS) is 10.6. The van der Waals surface area contributed by atoms with Crippen LogP contribution >= 0.6 is 11.6 Å². The highest BCUT2D eigenvalue weighted by Gasteiger charge is 2.10. The minimum atomic E-state index is -0.487. The van der Waals surface area contributed by atoms with Gasteiger partial charge in [-0.15, -0.1) is 11.6 Å². The second-order valence-electron chi connectivity index (χ2n) is 8.24. The van der Waals surface area contributed by atoms with Crippen LogP contribution in [0.1, 0.15) is 27.1 Å². The van der Waals surface area contributed by atoms with Crippen molar-refractivity contribution in [2.75, 3.05) is 52.6 Å². The number of hydrogen-bond acceptors (Lipinski definition) is 9. The van der Waals surface area contributed by atoms with E-state index in [1.807, 2.05) is 24.3 Å². The van der Waals surface area contributed by atoms with Gasteiger partial charge in [-0.1, -0.05) is 24.3 Å². The zero-order chi connectivity index (χ0) is 28.6. The number of ether oxygens (including phenoxy) is 6. The quantitative estimate of drug-likeness (QED) is 0.102. The van der Waals surface area contributed by atoms with Crippen molar-refractivity contribution in [3.05, 3.63) is 83.9 Å². The Morgan fingerprint density at radius 2 is 1.12 bits per heavy atom. The van der Waals surface area contributed by atoms with E-state index in [4.69, 9.17) is 40.0 Å². The summed E-state index contributed by atoms with van der Waals surface area (Å²) in [4.78, 5) is 35.3. The zero-order valence-corrected chi connectivity index (χ0v) is 22.9. The molecule has 0 bridgehead atoms. The molecule has 0 radical (unpaired) electrons.